The van der Waals surface area contributed by atoms with E-state index >= 15 is 0 Å². The number of rotatable bonds is 9. The van der Waals surface area contributed by atoms with Crippen LogP contribution in [-0.2, 0) is 9.53 Å². The van der Waals surface area contributed by atoms with Crippen LogP contribution in [0.25, 0.3) is 0 Å². The lowest BCUT2D eigenvalue weighted by atomic mass is 10.1. The number of carboxylic acid groups (broad SMARTS) is 1. The fraction of sp³-hybridized carbons (Fsp3) is 0.833. The Morgan fingerprint density at radius 1 is 1.28 bits per heavy atom. The molecule has 106 valence electrons. The zero-order valence-corrected chi connectivity index (χ0v) is 11.4. The zero-order valence-electron chi connectivity index (χ0n) is 11.4. The van der Waals surface area contributed by atoms with Crippen molar-refractivity contribution in [2.45, 2.75) is 51.6 Å². The van der Waals surface area contributed by atoms with Gasteiger partial charge in [-0.3, -0.25) is 0 Å². The van der Waals surface area contributed by atoms with Crippen molar-refractivity contribution < 1.29 is 19.4 Å². The predicted molar refractivity (Wildman–Crippen MR) is 68.6 cm³/mol. The van der Waals surface area contributed by atoms with Crippen LogP contribution < -0.4 is 10.6 Å². The maximum Gasteiger partial charge on any atom is 0.326 e. The molecule has 0 aliphatic carbocycles. The van der Waals surface area contributed by atoms with Crippen LogP contribution in [0.1, 0.15) is 39.5 Å². The van der Waals surface area contributed by atoms with E-state index in [-0.39, 0.29) is 6.04 Å². The number of aliphatic carboxylic acids is 1. The number of methoxy groups -OCH3 is 1. The quantitative estimate of drug-likeness (QED) is 0.584. The molecule has 0 aromatic rings. The third-order valence-corrected chi connectivity index (χ3v) is 2.58. The Bertz CT molecular complexity index is 258. The molecule has 0 aliphatic rings. The highest BCUT2D eigenvalue weighted by Gasteiger charge is 2.19. The molecule has 6 heteroatoms. The number of amides is 2. The van der Waals surface area contributed by atoms with Crippen LogP contribution in [0.15, 0.2) is 0 Å². The molecule has 0 saturated carbocycles. The lowest BCUT2D eigenvalue weighted by Crippen LogP contribution is -2.48. The summed E-state index contributed by atoms with van der Waals surface area (Å²) in [6, 6.07) is -1.31. The van der Waals surface area contributed by atoms with E-state index in [2.05, 4.69) is 10.6 Å². The van der Waals surface area contributed by atoms with Gasteiger partial charge < -0.3 is 20.5 Å². The molecule has 18 heavy (non-hydrogen) atoms. The number of urea groups is 1. The van der Waals surface area contributed by atoms with Gasteiger partial charge >= 0.3 is 12.0 Å². The number of ether oxygens (including phenoxy) is 1. The Morgan fingerprint density at radius 2 is 1.94 bits per heavy atom. The van der Waals surface area contributed by atoms with E-state index in [9.17, 15) is 9.59 Å². The van der Waals surface area contributed by atoms with Crippen LogP contribution in [0.4, 0.5) is 4.79 Å². The Balaban J connectivity index is 4.04. The normalized spacial score (nSPS) is 13.7. The van der Waals surface area contributed by atoms with Gasteiger partial charge in [-0.2, -0.15) is 0 Å². The fourth-order valence-corrected chi connectivity index (χ4v) is 1.46. The molecule has 6 nitrogen and oxygen atoms in total. The van der Waals surface area contributed by atoms with E-state index in [1.165, 1.54) is 0 Å². The molecule has 1 unspecified atom stereocenters. The van der Waals surface area contributed by atoms with Crippen molar-refractivity contribution in [3.63, 3.8) is 0 Å². The molecule has 2 amide bonds. The Kier molecular flexibility index (Phi) is 9.00. The summed E-state index contributed by atoms with van der Waals surface area (Å²) in [6.07, 6.45) is 2.82. The van der Waals surface area contributed by atoms with E-state index in [1.54, 1.807) is 7.11 Å². The summed E-state index contributed by atoms with van der Waals surface area (Å²) < 4.78 is 4.90. The second-order valence-electron chi connectivity index (χ2n) is 4.33. The van der Waals surface area contributed by atoms with E-state index < -0.39 is 18.0 Å². The molecule has 0 aromatic heterocycles. The van der Waals surface area contributed by atoms with Crippen molar-refractivity contribution in [2.24, 2.45) is 0 Å². The smallest absolute Gasteiger partial charge is 0.326 e. The third kappa shape index (κ3) is 7.89. The average Bonchev–Trinajstić information content (AvgIpc) is 2.31. The molecule has 0 bridgehead atoms. The maximum atomic E-state index is 11.6. The van der Waals surface area contributed by atoms with Gasteiger partial charge in [0.2, 0.25) is 0 Å². The SMILES string of the molecule is CCCC[C@H](NC(=O)NC(C)CCOC)C(=O)O. The second kappa shape index (κ2) is 9.70. The van der Waals surface area contributed by atoms with E-state index in [0.29, 0.717) is 19.4 Å². The highest BCUT2D eigenvalue weighted by molar-refractivity contribution is 5.82. The molecule has 0 fully saturated rings. The Labute approximate surface area is 108 Å². The minimum absolute atomic E-state index is 0.0504. The first-order valence-electron chi connectivity index (χ1n) is 6.30. The molecule has 2 atom stereocenters. The summed E-state index contributed by atoms with van der Waals surface area (Å²) >= 11 is 0. The van der Waals surface area contributed by atoms with Gasteiger partial charge in [0, 0.05) is 19.8 Å². The van der Waals surface area contributed by atoms with Crippen molar-refractivity contribution in [3.8, 4) is 0 Å². The van der Waals surface area contributed by atoms with Crippen molar-refractivity contribution in [1.29, 1.82) is 0 Å². The van der Waals surface area contributed by atoms with Crippen LogP contribution in [0.3, 0.4) is 0 Å². The van der Waals surface area contributed by atoms with Gasteiger partial charge in [-0.1, -0.05) is 19.8 Å². The van der Waals surface area contributed by atoms with Gasteiger partial charge in [0.1, 0.15) is 6.04 Å². The molecular formula is C12H24N2O4. The minimum Gasteiger partial charge on any atom is -0.480 e. The number of hydrogen-bond acceptors (Lipinski definition) is 3. The highest BCUT2D eigenvalue weighted by atomic mass is 16.5. The van der Waals surface area contributed by atoms with Crippen LogP contribution in [-0.4, -0.2) is 42.9 Å². The number of unbranched alkanes of at least 4 members (excludes halogenated alkanes) is 1. The monoisotopic (exact) mass is 260 g/mol. The van der Waals surface area contributed by atoms with Crippen molar-refractivity contribution in [2.75, 3.05) is 13.7 Å². The lowest BCUT2D eigenvalue weighted by Gasteiger charge is -2.18. The maximum absolute atomic E-state index is 11.6. The lowest BCUT2D eigenvalue weighted by molar-refractivity contribution is -0.139. The van der Waals surface area contributed by atoms with Gasteiger partial charge in [0.25, 0.3) is 0 Å². The predicted octanol–water partition coefficient (Wildman–Crippen LogP) is 1.35. The van der Waals surface area contributed by atoms with E-state index in [1.807, 2.05) is 13.8 Å². The molecule has 3 N–H and O–H groups in total. The van der Waals surface area contributed by atoms with Crippen LogP contribution in [0.2, 0.25) is 0 Å². The number of hydrogen-bond donors (Lipinski definition) is 3. The molecular weight excluding hydrogens is 236 g/mol. The summed E-state index contributed by atoms with van der Waals surface area (Å²) in [4.78, 5) is 22.5. The first-order valence-corrected chi connectivity index (χ1v) is 6.30. The Morgan fingerprint density at radius 3 is 2.44 bits per heavy atom. The van der Waals surface area contributed by atoms with Crippen LogP contribution in [0, 0.1) is 0 Å². The van der Waals surface area contributed by atoms with Gasteiger partial charge in [0.05, 0.1) is 0 Å². The van der Waals surface area contributed by atoms with Gasteiger partial charge in [-0.05, 0) is 19.8 Å². The number of carboxylic acids is 1. The van der Waals surface area contributed by atoms with Gasteiger partial charge in [0.15, 0.2) is 0 Å². The summed E-state index contributed by atoms with van der Waals surface area (Å²) in [7, 11) is 1.60. The summed E-state index contributed by atoms with van der Waals surface area (Å²) in [5.41, 5.74) is 0. The topological polar surface area (TPSA) is 87.7 Å². The molecule has 0 spiro atoms. The van der Waals surface area contributed by atoms with Gasteiger partial charge in [-0.15, -0.1) is 0 Å². The van der Waals surface area contributed by atoms with Crippen LogP contribution in [0.5, 0.6) is 0 Å². The molecule has 0 radical (unpaired) electrons. The number of carbonyl (C=O) groups is 2. The fourth-order valence-electron chi connectivity index (χ4n) is 1.46. The van der Waals surface area contributed by atoms with Crippen molar-refractivity contribution >= 4 is 12.0 Å². The first-order chi connectivity index (χ1) is 8.51. The summed E-state index contributed by atoms with van der Waals surface area (Å²) in [5, 5.41) is 14.1. The molecule has 0 heterocycles. The number of nitrogens with one attached hydrogen (secondary N) is 2. The molecule has 0 rings (SSSR count). The van der Waals surface area contributed by atoms with Crippen LogP contribution >= 0.6 is 0 Å². The van der Waals surface area contributed by atoms with Gasteiger partial charge in [-0.25, -0.2) is 9.59 Å². The molecule has 0 saturated heterocycles. The van der Waals surface area contributed by atoms with Crippen molar-refractivity contribution in [3.05, 3.63) is 0 Å². The zero-order chi connectivity index (χ0) is 14.0. The average molecular weight is 260 g/mol. The molecule has 0 aromatic carbocycles. The standard InChI is InChI=1S/C12H24N2O4/c1-4-5-6-10(11(15)16)14-12(17)13-9(2)7-8-18-3/h9-10H,4-8H2,1-3H3,(H,15,16)(H2,13,14,17)/t9?,10-/m0/s1. The third-order valence-electron chi connectivity index (χ3n) is 2.58. The number of carbonyl (C=O) groups excluding carboxylic acids is 1. The minimum atomic E-state index is -0.997. The van der Waals surface area contributed by atoms with E-state index in [4.69, 9.17) is 9.84 Å². The summed E-state index contributed by atoms with van der Waals surface area (Å²) in [5.74, 6) is -0.997. The molecule has 0 aliphatic heterocycles. The second-order valence-corrected chi connectivity index (χ2v) is 4.33. The van der Waals surface area contributed by atoms with E-state index in [0.717, 1.165) is 12.8 Å². The largest absolute Gasteiger partial charge is 0.480 e. The first kappa shape index (κ1) is 16.7. The van der Waals surface area contributed by atoms with Crippen molar-refractivity contribution in [1.82, 2.24) is 10.6 Å². The summed E-state index contributed by atoms with van der Waals surface area (Å²) in [6.45, 7) is 4.38. The highest BCUT2D eigenvalue weighted by Crippen LogP contribution is 2.01. The Hall–Kier alpha value is -1.30.